The largest absolute Gasteiger partial charge is 0.472 e. The number of nitrogens with zero attached hydrogens (tertiary/aromatic N) is 19. The molecule has 5 aliphatic heterocycles. The minimum Gasteiger partial charge on any atom is -0.472 e. The molecule has 5 aromatic carbocycles. The first-order valence-corrected chi connectivity index (χ1v) is 44.7. The maximum atomic E-state index is 15.1. The third kappa shape index (κ3) is 18.8. The maximum absolute atomic E-state index is 15.1. The predicted molar refractivity (Wildman–Crippen MR) is 502 cm³/mol. The van der Waals surface area contributed by atoms with Gasteiger partial charge in [0.1, 0.15) is 69.5 Å². The zero-order valence-corrected chi connectivity index (χ0v) is 77.9. The van der Waals surface area contributed by atoms with Crippen molar-refractivity contribution in [3.05, 3.63) is 373 Å². The minimum absolute atomic E-state index is 0.0244. The molecule has 15 aromatic rings. The summed E-state index contributed by atoms with van der Waals surface area (Å²) < 4.78 is 231. The standard InChI is InChI=1S/C20H14F4N6O.C20H15F3N4O2.C20H15F3N4OS.C19H14F3N5O2.C19H14F3N5OS/c1-30-17(31)20(29-19(30)25,12-4-5-26-15(7-12)16(22)23)13-6-10(2-3-14(13)21)11-8-27-18(24)28-9-11;2*1-27-18(28)20(26-19(27)24,13-4-6-25-16(9-13)17(22)23)14-8-11(2-3-15(14)21)12-5-7-29-10-12;2*1-27-17(28)19(26-18(27)23,11-4-5-24-14(7-11)16(21)22)12-6-10(2-3-13(12)20)15-8-29-9-25-15/h2-9,16H,1H3,(H2,25,29);2*2-10,17H,1H3,(H2,24,26);2*2-9,16H,1H3,(H2,23,26). The Hall–Kier alpha value is -17.7. The molecule has 147 heavy (non-hydrogen) atoms. The summed E-state index contributed by atoms with van der Waals surface area (Å²) in [6.45, 7) is 0. The number of aliphatic imine (C=N–C) groups is 5. The highest BCUT2D eigenvalue weighted by atomic mass is 32.1. The lowest BCUT2D eigenvalue weighted by molar-refractivity contribution is -0.130. The lowest BCUT2D eigenvalue weighted by atomic mass is 9.81. The van der Waals surface area contributed by atoms with Gasteiger partial charge in [0.05, 0.1) is 23.7 Å². The van der Waals surface area contributed by atoms with Crippen molar-refractivity contribution in [3.8, 4) is 55.9 Å². The molecule has 0 fully saturated rings. The quantitative estimate of drug-likeness (QED) is 0.0349. The molecule has 5 aliphatic rings. The van der Waals surface area contributed by atoms with Crippen LogP contribution >= 0.6 is 22.7 Å². The van der Waals surface area contributed by atoms with Gasteiger partial charge < -0.3 is 37.5 Å². The van der Waals surface area contributed by atoms with Gasteiger partial charge in [-0.1, -0.05) is 18.2 Å². The second-order valence-corrected chi connectivity index (χ2v) is 34.1. The topological polar surface area (TPSA) is 436 Å². The second-order valence-electron chi connectivity index (χ2n) is 32.6. The van der Waals surface area contributed by atoms with Gasteiger partial charge in [-0.15, -0.1) is 11.3 Å². The molecule has 0 saturated heterocycles. The molecule has 0 bridgehead atoms. The Bertz CT molecular complexity index is 7050. The molecule has 5 unspecified atom stereocenters. The van der Waals surface area contributed by atoms with Crippen LogP contribution in [0.25, 0.3) is 55.9 Å². The number of thiazole rings is 1. The summed E-state index contributed by atoms with van der Waals surface area (Å²) in [5.74, 6) is -7.91. The van der Waals surface area contributed by atoms with Crippen LogP contribution in [0.3, 0.4) is 0 Å². The van der Waals surface area contributed by atoms with Crippen molar-refractivity contribution >= 4 is 82.0 Å². The number of thiophene rings is 1. The molecule has 10 aromatic heterocycles. The van der Waals surface area contributed by atoms with Gasteiger partial charge in [0.2, 0.25) is 0 Å². The van der Waals surface area contributed by atoms with Crippen molar-refractivity contribution in [2.45, 2.75) is 59.8 Å². The first-order chi connectivity index (χ1) is 70.1. The van der Waals surface area contributed by atoms with E-state index in [1.54, 1.807) is 23.0 Å². The molecular weight excluding hydrogens is 1990 g/mol. The van der Waals surface area contributed by atoms with Crippen molar-refractivity contribution < 1.29 is 103 Å². The molecule has 20 rings (SSSR count). The van der Waals surface area contributed by atoms with Crippen LogP contribution in [0.5, 0.6) is 0 Å². The van der Waals surface area contributed by atoms with Crippen LogP contribution in [-0.2, 0) is 51.7 Å². The number of benzene rings is 5. The zero-order chi connectivity index (χ0) is 105. The van der Waals surface area contributed by atoms with Crippen LogP contribution in [0.1, 0.15) is 116 Å². The maximum Gasteiger partial charge on any atom is 0.308 e. The second kappa shape index (κ2) is 41.0. The van der Waals surface area contributed by atoms with E-state index >= 15 is 17.6 Å². The third-order valence-corrected chi connectivity index (χ3v) is 25.5. The highest BCUT2D eigenvalue weighted by Crippen LogP contribution is 2.50. The van der Waals surface area contributed by atoms with E-state index in [2.05, 4.69) is 69.8 Å². The van der Waals surface area contributed by atoms with Crippen molar-refractivity contribution in [1.29, 1.82) is 0 Å². The van der Waals surface area contributed by atoms with Crippen LogP contribution in [0, 0.1) is 35.2 Å². The van der Waals surface area contributed by atoms with Gasteiger partial charge in [-0.3, -0.25) is 73.4 Å². The SMILES string of the molecule is CN1C(=O)C(c2ccnc(C(F)F)c2)(c2cc(-c3ccoc3)ccc2F)N=C1N.CN1C(=O)C(c2ccnc(C(F)F)c2)(c2cc(-c3ccsc3)ccc2F)N=C1N.CN1C(=O)C(c2ccnc(C(F)F)c2)(c2cc(-c3cnc(F)nc3)ccc2F)N=C1N.CN1C(=O)C(c2ccnc(C(F)F)c2)(c2cc(-c3cocn3)ccc2F)N=C1N.CN1C(=O)C(c2ccnc(C(F)F)c2)(c2cc(-c3cscn3)ccc2F)N=C1N. The number of hydrogen-bond acceptors (Lipinski definition) is 28. The fourth-order valence-corrected chi connectivity index (χ4v) is 17.9. The highest BCUT2D eigenvalue weighted by molar-refractivity contribution is 7.08. The number of pyridine rings is 5. The normalized spacial score (nSPS) is 19.0. The lowest BCUT2D eigenvalue weighted by Crippen LogP contribution is -2.41. The number of alkyl halides is 10. The summed E-state index contributed by atoms with van der Waals surface area (Å²) in [5, 5.41) is 5.52. The summed E-state index contributed by atoms with van der Waals surface area (Å²) in [6, 6.07) is 35.8. The number of rotatable bonds is 20. The average molecular weight is 2070 g/mol. The number of oxazole rings is 1. The van der Waals surface area contributed by atoms with E-state index in [1.165, 1.54) is 199 Å². The van der Waals surface area contributed by atoms with Gasteiger partial charge in [0.25, 0.3) is 61.7 Å². The van der Waals surface area contributed by atoms with Crippen molar-refractivity contribution in [3.63, 3.8) is 0 Å². The van der Waals surface area contributed by atoms with Gasteiger partial charge in [-0.25, -0.2) is 111 Å². The molecule has 5 amide bonds. The first kappa shape index (κ1) is 102. The van der Waals surface area contributed by atoms with E-state index in [9.17, 15) is 76.7 Å². The Labute approximate surface area is 828 Å². The van der Waals surface area contributed by atoms with Crippen molar-refractivity contribution in [2.24, 2.45) is 53.6 Å². The lowest BCUT2D eigenvalue weighted by Gasteiger charge is -2.27. The number of carbonyl (C=O) groups excluding carboxylic acids is 5. The number of nitrogens with two attached hydrogens (primary N) is 5. The van der Waals surface area contributed by atoms with Gasteiger partial charge in [-0.05, 0) is 206 Å². The van der Waals surface area contributed by atoms with Gasteiger partial charge in [0.15, 0.2) is 63.9 Å². The number of aromatic nitrogens is 9. The molecule has 15 heterocycles. The Morgan fingerprint density at radius 3 is 0.837 bits per heavy atom. The van der Waals surface area contributed by atoms with Crippen LogP contribution in [-0.4, -0.2) is 164 Å². The number of likely N-dealkylation sites (N-methyl/N-ethyl adjacent to an activating group) is 5. The summed E-state index contributed by atoms with van der Waals surface area (Å²) >= 11 is 2.83. The monoisotopic (exact) mass is 2060 g/mol. The highest BCUT2D eigenvalue weighted by Gasteiger charge is 2.57. The fraction of sp³-hybridized carbons (Fsp3) is 0.153. The third-order valence-electron chi connectivity index (χ3n) is 24.2. The Kier molecular flexibility index (Phi) is 28.5. The summed E-state index contributed by atoms with van der Waals surface area (Å²) in [4.78, 5) is 126. The number of hydrogen-bond donors (Lipinski definition) is 5. The van der Waals surface area contributed by atoms with Crippen molar-refractivity contribution in [1.82, 2.24) is 69.4 Å². The van der Waals surface area contributed by atoms with Crippen molar-refractivity contribution in [2.75, 3.05) is 35.2 Å². The van der Waals surface area contributed by atoms with Crippen LogP contribution in [0.4, 0.5) is 70.2 Å². The molecule has 49 heteroatoms. The molecule has 0 radical (unpaired) electrons. The molecular formula is C98H72F16N24O7S2. The zero-order valence-electron chi connectivity index (χ0n) is 76.2. The van der Waals surface area contributed by atoms with E-state index in [0.717, 1.165) is 104 Å². The summed E-state index contributed by atoms with van der Waals surface area (Å²) in [7, 11) is 6.89. The Balaban J connectivity index is 0.000000131. The van der Waals surface area contributed by atoms with Gasteiger partial charge in [0, 0.05) is 134 Å². The van der Waals surface area contributed by atoms with Crippen LogP contribution in [0.2, 0.25) is 0 Å². The first-order valence-electron chi connectivity index (χ1n) is 42.8. The number of guanidine groups is 5. The molecule has 10 N–H and O–H groups in total. The van der Waals surface area contributed by atoms with Gasteiger partial charge >= 0.3 is 6.08 Å². The molecule has 31 nitrogen and oxygen atoms in total. The predicted octanol–water partition coefficient (Wildman–Crippen LogP) is 16.3. The average Bonchev–Trinajstić information content (AvgIpc) is 1.61. The van der Waals surface area contributed by atoms with E-state index in [4.69, 9.17) is 37.5 Å². The van der Waals surface area contributed by atoms with Crippen LogP contribution < -0.4 is 28.7 Å². The summed E-state index contributed by atoms with van der Waals surface area (Å²) in [6.07, 6.45) is -1.85. The molecule has 5 atom stereocenters. The smallest absolute Gasteiger partial charge is 0.308 e. The molecule has 0 spiro atoms. The fourth-order valence-electron chi connectivity index (χ4n) is 16.7. The molecule has 0 aliphatic carbocycles. The van der Waals surface area contributed by atoms with E-state index < -0.39 is 153 Å². The van der Waals surface area contributed by atoms with E-state index in [-0.39, 0.29) is 85.4 Å². The number of amides is 5. The Morgan fingerprint density at radius 2 is 0.585 bits per heavy atom. The van der Waals surface area contributed by atoms with Crippen LogP contribution in [0.15, 0.2) is 288 Å². The van der Waals surface area contributed by atoms with E-state index in [0.29, 0.717) is 50.3 Å². The van der Waals surface area contributed by atoms with E-state index in [1.807, 2.05) is 16.8 Å². The number of carbonyl (C=O) groups is 5. The molecule has 750 valence electrons. The Morgan fingerprint density at radius 1 is 0.293 bits per heavy atom. The number of furan rings is 1. The summed E-state index contributed by atoms with van der Waals surface area (Å²) in [5.41, 5.74) is 23.2. The van der Waals surface area contributed by atoms with Gasteiger partial charge in [-0.2, -0.15) is 15.7 Å². The minimum atomic E-state index is -2.92. The molecule has 0 saturated carbocycles. The number of halogens is 16.